The van der Waals surface area contributed by atoms with Crippen molar-refractivity contribution in [2.75, 3.05) is 13.2 Å². The molecule has 0 saturated heterocycles. The fourth-order valence-corrected chi connectivity index (χ4v) is 4.73. The molecule has 1 rings (SSSR count). The fraction of sp³-hybridized carbons (Fsp3) is 0.955. The van der Waals surface area contributed by atoms with Crippen LogP contribution in [0.25, 0.3) is 0 Å². The molecule has 1 saturated carbocycles. The molecule has 36 heavy (non-hydrogen) atoms. The molecule has 10 N–H and O–H groups in total. The van der Waals surface area contributed by atoms with Gasteiger partial charge in [0, 0.05) is 6.42 Å². The summed E-state index contributed by atoms with van der Waals surface area (Å²) in [6.45, 7) is 0.940. The minimum atomic E-state index is -4.97. The third kappa shape index (κ3) is 13.2. The van der Waals surface area contributed by atoms with Crippen LogP contribution in [-0.2, 0) is 23.1 Å². The van der Waals surface area contributed by atoms with Gasteiger partial charge in [-0.05, 0) is 6.42 Å². The van der Waals surface area contributed by atoms with Crippen LogP contribution < -0.4 is 6.15 Å². The van der Waals surface area contributed by atoms with Crippen LogP contribution in [0, 0.1) is 0 Å². The summed E-state index contributed by atoms with van der Waals surface area (Å²) in [6, 6.07) is 0. The molecule has 0 radical (unpaired) electrons. The Kier molecular flexibility index (Phi) is 18.2. The Morgan fingerprint density at radius 2 is 1.22 bits per heavy atom. The number of hydrogen-bond acceptors (Lipinski definition) is 12. The Balaban J connectivity index is 0.0000122. The number of aliphatic hydroxyl groups excluding tert-OH is 6. The first-order chi connectivity index (χ1) is 16.5. The van der Waals surface area contributed by atoms with E-state index in [-0.39, 0.29) is 12.6 Å². The zero-order valence-electron chi connectivity index (χ0n) is 21.1. The van der Waals surface area contributed by atoms with Gasteiger partial charge in [-0.3, -0.25) is 13.8 Å². The maximum Gasteiger partial charge on any atom is 0.472 e. The Morgan fingerprint density at radius 1 is 0.778 bits per heavy atom. The molecular formula is C22H46NO12P. The van der Waals surface area contributed by atoms with E-state index < -0.39 is 69.7 Å². The maximum absolute atomic E-state index is 12.1. The first-order valence-electron chi connectivity index (χ1n) is 12.4. The van der Waals surface area contributed by atoms with E-state index in [1.165, 1.54) is 38.5 Å². The van der Waals surface area contributed by atoms with Gasteiger partial charge in [-0.1, -0.05) is 64.7 Å². The van der Waals surface area contributed by atoms with Crippen LogP contribution in [0.5, 0.6) is 0 Å². The van der Waals surface area contributed by atoms with Gasteiger partial charge in [0.2, 0.25) is 0 Å². The molecule has 13 nitrogen and oxygen atoms in total. The first kappa shape index (κ1) is 35.3. The molecule has 0 bridgehead atoms. The van der Waals surface area contributed by atoms with Gasteiger partial charge in [-0.15, -0.1) is 0 Å². The number of rotatable bonds is 18. The van der Waals surface area contributed by atoms with Gasteiger partial charge in [0.1, 0.15) is 49.3 Å². The van der Waals surface area contributed by atoms with Gasteiger partial charge in [-0.25, -0.2) is 4.57 Å². The summed E-state index contributed by atoms with van der Waals surface area (Å²) in [4.78, 5) is 21.6. The molecule has 0 aromatic heterocycles. The molecule has 14 heteroatoms. The molecular weight excluding hydrogens is 501 g/mol. The molecule has 8 atom stereocenters. The minimum Gasteiger partial charge on any atom is -0.463 e. The standard InChI is InChI=1S/C22H43O12P.H3N/c1-2-3-4-5-6-7-8-9-10-11-12-16(24)32-13-15(23)14-33-35(30,31)34-22-20(28)18(26)17(25)19(27)21(22)29;/h15,17-23,25-29H,2-14H2,1H3,(H,30,31);1H3/t15-,17?,18-,19+,20-,21-,22?;/m1./s1. The number of ether oxygens (including phenoxy) is 1. The summed E-state index contributed by atoms with van der Waals surface area (Å²) in [5, 5.41) is 58.3. The predicted molar refractivity (Wildman–Crippen MR) is 129 cm³/mol. The molecule has 3 unspecified atom stereocenters. The molecule has 1 aliphatic carbocycles. The average Bonchev–Trinajstić information content (AvgIpc) is 2.83. The zero-order chi connectivity index (χ0) is 26.4. The molecule has 1 fully saturated rings. The van der Waals surface area contributed by atoms with Gasteiger partial charge in [0.15, 0.2) is 0 Å². The van der Waals surface area contributed by atoms with Crippen molar-refractivity contribution in [1.82, 2.24) is 6.15 Å². The SMILES string of the molecule is CCCCCCCCCCCCC(=O)OC[C@@H](O)COP(=O)(O)OC1[C@H](O)[C@H](O)C(O)[C@H](O)[C@H]1O.N. The van der Waals surface area contributed by atoms with Crippen LogP contribution in [0.3, 0.4) is 0 Å². The Morgan fingerprint density at radius 3 is 1.72 bits per heavy atom. The smallest absolute Gasteiger partial charge is 0.463 e. The summed E-state index contributed by atoms with van der Waals surface area (Å²) in [6.07, 6.45) is -1.73. The molecule has 0 heterocycles. The number of carbonyl (C=O) groups is 1. The molecule has 1 aliphatic rings. The summed E-state index contributed by atoms with van der Waals surface area (Å²) in [5.74, 6) is -0.512. The largest absolute Gasteiger partial charge is 0.472 e. The highest BCUT2D eigenvalue weighted by Crippen LogP contribution is 2.47. The van der Waals surface area contributed by atoms with E-state index in [0.717, 1.165) is 19.3 Å². The van der Waals surface area contributed by atoms with Crippen molar-refractivity contribution in [3.63, 3.8) is 0 Å². The lowest BCUT2D eigenvalue weighted by atomic mass is 9.85. The molecule has 0 spiro atoms. The summed E-state index contributed by atoms with van der Waals surface area (Å²) >= 11 is 0. The Hall–Kier alpha value is -0.700. The van der Waals surface area contributed by atoms with Gasteiger partial charge in [-0.2, -0.15) is 0 Å². The molecule has 0 aromatic carbocycles. The highest BCUT2D eigenvalue weighted by Gasteiger charge is 2.51. The van der Waals surface area contributed by atoms with E-state index in [2.05, 4.69) is 16.0 Å². The van der Waals surface area contributed by atoms with Gasteiger partial charge in [0.25, 0.3) is 0 Å². The van der Waals surface area contributed by atoms with Crippen molar-refractivity contribution in [3.8, 4) is 0 Å². The van der Waals surface area contributed by atoms with Crippen LogP contribution in [0.4, 0.5) is 0 Å². The zero-order valence-corrected chi connectivity index (χ0v) is 22.0. The number of phosphoric ester groups is 1. The molecule has 0 amide bonds. The van der Waals surface area contributed by atoms with E-state index in [1.54, 1.807) is 0 Å². The highest BCUT2D eigenvalue weighted by molar-refractivity contribution is 7.47. The Bertz CT molecular complexity index is 626. The second kappa shape index (κ2) is 18.5. The number of phosphoric acid groups is 1. The van der Waals surface area contributed by atoms with Crippen molar-refractivity contribution in [1.29, 1.82) is 0 Å². The molecule has 216 valence electrons. The van der Waals surface area contributed by atoms with Crippen LogP contribution in [-0.4, -0.2) is 97.4 Å². The topological polar surface area (TPSA) is 238 Å². The number of hydrogen-bond donors (Lipinski definition) is 8. The third-order valence-electron chi connectivity index (χ3n) is 5.93. The van der Waals surface area contributed by atoms with Gasteiger partial charge >= 0.3 is 13.8 Å². The normalized spacial score (nSPS) is 28.7. The second-order valence-electron chi connectivity index (χ2n) is 9.06. The lowest BCUT2D eigenvalue weighted by Crippen LogP contribution is -2.64. The molecule has 0 aliphatic heterocycles. The fourth-order valence-electron chi connectivity index (χ4n) is 3.75. The van der Waals surface area contributed by atoms with E-state index in [4.69, 9.17) is 4.74 Å². The summed E-state index contributed by atoms with van der Waals surface area (Å²) < 4.78 is 26.2. The van der Waals surface area contributed by atoms with E-state index >= 15 is 0 Å². The summed E-state index contributed by atoms with van der Waals surface area (Å²) in [7, 11) is -4.97. The van der Waals surface area contributed by atoms with E-state index in [0.29, 0.717) is 6.42 Å². The number of aliphatic hydroxyl groups is 6. The maximum atomic E-state index is 12.1. The molecule has 0 aromatic rings. The van der Waals surface area contributed by atoms with Gasteiger partial charge in [0.05, 0.1) is 6.61 Å². The van der Waals surface area contributed by atoms with Crippen molar-refractivity contribution in [2.24, 2.45) is 0 Å². The average molecular weight is 548 g/mol. The van der Waals surface area contributed by atoms with Crippen molar-refractivity contribution in [2.45, 2.75) is 120 Å². The third-order valence-corrected chi connectivity index (χ3v) is 6.91. The van der Waals surface area contributed by atoms with Gasteiger partial charge < -0.3 is 46.4 Å². The van der Waals surface area contributed by atoms with Crippen molar-refractivity contribution >= 4 is 13.8 Å². The quantitative estimate of drug-likeness (QED) is 0.0670. The van der Waals surface area contributed by atoms with Crippen LogP contribution >= 0.6 is 7.82 Å². The minimum absolute atomic E-state index is 0. The lowest BCUT2D eigenvalue weighted by molar-refractivity contribution is -0.220. The van der Waals surface area contributed by atoms with E-state index in [1.807, 2.05) is 0 Å². The predicted octanol–water partition coefficient (Wildman–Crippen LogP) is 0.684. The number of carbonyl (C=O) groups excluding carboxylic acids is 1. The van der Waals surface area contributed by atoms with Crippen LogP contribution in [0.1, 0.15) is 77.6 Å². The number of esters is 1. The van der Waals surface area contributed by atoms with Crippen molar-refractivity contribution in [3.05, 3.63) is 0 Å². The Labute approximate surface area is 212 Å². The van der Waals surface area contributed by atoms with E-state index in [9.17, 15) is 44.9 Å². The summed E-state index contributed by atoms with van der Waals surface area (Å²) in [5.41, 5.74) is 0. The first-order valence-corrected chi connectivity index (χ1v) is 13.9. The number of unbranched alkanes of at least 4 members (excludes halogenated alkanes) is 9. The van der Waals surface area contributed by atoms with Crippen LogP contribution in [0.15, 0.2) is 0 Å². The highest BCUT2D eigenvalue weighted by atomic mass is 31.2. The lowest BCUT2D eigenvalue weighted by Gasteiger charge is -2.41. The van der Waals surface area contributed by atoms with Crippen molar-refractivity contribution < 1.29 is 58.7 Å². The monoisotopic (exact) mass is 547 g/mol. The van der Waals surface area contributed by atoms with Crippen LogP contribution in [0.2, 0.25) is 0 Å². The second-order valence-corrected chi connectivity index (χ2v) is 10.5.